The number of carbonyl (C=O) groups excluding carboxylic acids is 2. The molecule has 0 spiro atoms. The van der Waals surface area contributed by atoms with Crippen molar-refractivity contribution in [2.45, 2.75) is 30.9 Å². The summed E-state index contributed by atoms with van der Waals surface area (Å²) in [5, 5.41) is 4.75. The maximum atomic E-state index is 12.3. The van der Waals surface area contributed by atoms with Gasteiger partial charge in [0.15, 0.2) is 0 Å². The van der Waals surface area contributed by atoms with Gasteiger partial charge in [0.2, 0.25) is 5.91 Å². The van der Waals surface area contributed by atoms with E-state index in [1.165, 1.54) is 23.1 Å². The van der Waals surface area contributed by atoms with Crippen LogP contribution in [0, 0.1) is 13.8 Å². The molecule has 2 aromatic rings. The molecule has 0 unspecified atom stereocenters. The molecule has 1 aromatic carbocycles. The molecule has 0 bridgehead atoms. The summed E-state index contributed by atoms with van der Waals surface area (Å²) >= 11 is 2.80. The summed E-state index contributed by atoms with van der Waals surface area (Å²) in [7, 11) is 0. The van der Waals surface area contributed by atoms with E-state index in [1.807, 2.05) is 26.8 Å². The first kappa shape index (κ1) is 16.6. The lowest BCUT2D eigenvalue weighted by atomic mass is 10.2. The lowest BCUT2D eigenvalue weighted by Gasteiger charge is -2.13. The van der Waals surface area contributed by atoms with E-state index in [-0.39, 0.29) is 11.2 Å². The first-order chi connectivity index (χ1) is 10.4. The minimum absolute atomic E-state index is 0.143. The zero-order chi connectivity index (χ0) is 16.3. The molecule has 0 aliphatic carbocycles. The van der Waals surface area contributed by atoms with Gasteiger partial charge in [0, 0.05) is 4.90 Å². The molecule has 0 saturated carbocycles. The van der Waals surface area contributed by atoms with Crippen LogP contribution in [0.1, 0.15) is 28.4 Å². The minimum Gasteiger partial charge on any atom is -0.366 e. The molecule has 2 rings (SSSR count). The Balaban J connectivity index is 2.08. The number of primary amides is 1. The van der Waals surface area contributed by atoms with E-state index in [1.54, 1.807) is 11.4 Å². The summed E-state index contributed by atoms with van der Waals surface area (Å²) in [4.78, 5) is 24.7. The smallest absolute Gasteiger partial charge is 0.251 e. The molecular weight excluding hydrogens is 316 g/mol. The number of thiophene rings is 1. The zero-order valence-electron chi connectivity index (χ0n) is 12.7. The van der Waals surface area contributed by atoms with Gasteiger partial charge in [-0.2, -0.15) is 0 Å². The number of aryl methyl sites for hydroxylation is 2. The average molecular weight is 334 g/mol. The second kappa shape index (κ2) is 6.98. The summed E-state index contributed by atoms with van der Waals surface area (Å²) in [5.41, 5.74) is 7.94. The molecule has 0 radical (unpaired) electrons. The van der Waals surface area contributed by atoms with Gasteiger partial charge in [0.05, 0.1) is 10.8 Å². The number of carbonyl (C=O) groups is 2. The van der Waals surface area contributed by atoms with Crippen LogP contribution in [0.4, 0.5) is 5.00 Å². The van der Waals surface area contributed by atoms with E-state index < -0.39 is 5.91 Å². The van der Waals surface area contributed by atoms with Gasteiger partial charge >= 0.3 is 0 Å². The number of benzene rings is 1. The van der Waals surface area contributed by atoms with E-state index >= 15 is 0 Å². The molecule has 3 N–H and O–H groups in total. The predicted molar refractivity (Wildman–Crippen MR) is 92.7 cm³/mol. The van der Waals surface area contributed by atoms with Gasteiger partial charge in [-0.1, -0.05) is 17.7 Å². The number of hydrogen-bond donors (Lipinski definition) is 2. The molecule has 0 aliphatic heterocycles. The van der Waals surface area contributed by atoms with Gasteiger partial charge in [-0.15, -0.1) is 23.1 Å². The number of nitrogens with one attached hydrogen (secondary N) is 1. The van der Waals surface area contributed by atoms with E-state index in [0.717, 1.165) is 16.0 Å². The third-order valence-electron chi connectivity index (χ3n) is 3.18. The quantitative estimate of drug-likeness (QED) is 0.821. The summed E-state index contributed by atoms with van der Waals surface area (Å²) in [6.45, 7) is 5.90. The second-order valence-corrected chi connectivity index (χ2v) is 7.34. The van der Waals surface area contributed by atoms with Gasteiger partial charge < -0.3 is 11.1 Å². The molecule has 1 atom stereocenters. The normalized spacial score (nSPS) is 12.0. The van der Waals surface area contributed by atoms with Crippen molar-refractivity contribution in [2.75, 3.05) is 5.32 Å². The van der Waals surface area contributed by atoms with Crippen molar-refractivity contribution in [1.29, 1.82) is 0 Å². The van der Waals surface area contributed by atoms with Crippen LogP contribution in [0.3, 0.4) is 0 Å². The van der Waals surface area contributed by atoms with Crippen LogP contribution >= 0.6 is 23.1 Å². The second-order valence-electron chi connectivity index (χ2n) is 5.05. The number of hydrogen-bond acceptors (Lipinski definition) is 4. The topological polar surface area (TPSA) is 72.2 Å². The SMILES string of the molecule is Cc1ccc(C)c(S[C@@H](C)C(=O)Nc2sccc2C(N)=O)c1. The largest absolute Gasteiger partial charge is 0.366 e. The zero-order valence-corrected chi connectivity index (χ0v) is 14.3. The Morgan fingerprint density at radius 3 is 2.68 bits per heavy atom. The van der Waals surface area contributed by atoms with Crippen molar-refractivity contribution < 1.29 is 9.59 Å². The standard InChI is InChI=1S/C16H18N2O2S2/c1-9-4-5-10(2)13(8-9)22-11(3)15(20)18-16-12(14(17)19)6-7-21-16/h4-8,11H,1-3H3,(H2,17,19)(H,18,20)/t11-/m0/s1. The Bertz CT molecular complexity index is 710. The van der Waals surface area contributed by atoms with Crippen LogP contribution < -0.4 is 11.1 Å². The van der Waals surface area contributed by atoms with Gasteiger partial charge in [-0.25, -0.2) is 0 Å². The van der Waals surface area contributed by atoms with Crippen LogP contribution in [0.15, 0.2) is 34.5 Å². The highest BCUT2D eigenvalue weighted by Crippen LogP contribution is 2.29. The van der Waals surface area contributed by atoms with E-state index in [0.29, 0.717) is 10.6 Å². The molecule has 2 amide bonds. The number of amides is 2. The van der Waals surface area contributed by atoms with E-state index in [2.05, 4.69) is 17.4 Å². The van der Waals surface area contributed by atoms with Gasteiger partial charge in [-0.05, 0) is 43.8 Å². The molecular formula is C16H18N2O2S2. The minimum atomic E-state index is -0.536. The molecule has 22 heavy (non-hydrogen) atoms. The van der Waals surface area contributed by atoms with Gasteiger partial charge in [-0.3, -0.25) is 9.59 Å². The Labute approximate surface area is 138 Å². The molecule has 6 heteroatoms. The lowest BCUT2D eigenvalue weighted by Crippen LogP contribution is -2.23. The fourth-order valence-corrected chi connectivity index (χ4v) is 3.74. The van der Waals surface area contributed by atoms with Crippen LogP contribution in [0.25, 0.3) is 0 Å². The Morgan fingerprint density at radius 2 is 2.00 bits per heavy atom. The molecule has 116 valence electrons. The Morgan fingerprint density at radius 1 is 1.27 bits per heavy atom. The highest BCUT2D eigenvalue weighted by Gasteiger charge is 2.19. The highest BCUT2D eigenvalue weighted by atomic mass is 32.2. The molecule has 0 saturated heterocycles. The fraction of sp³-hybridized carbons (Fsp3) is 0.250. The van der Waals surface area contributed by atoms with Gasteiger partial charge in [0.1, 0.15) is 5.00 Å². The van der Waals surface area contributed by atoms with Crippen LogP contribution in [-0.2, 0) is 4.79 Å². The summed E-state index contributed by atoms with van der Waals surface area (Å²) in [6, 6.07) is 7.79. The monoisotopic (exact) mass is 334 g/mol. The Hall–Kier alpha value is -1.79. The molecule has 0 fully saturated rings. The molecule has 0 aliphatic rings. The fourth-order valence-electron chi connectivity index (χ4n) is 1.89. The van der Waals surface area contributed by atoms with Crippen molar-refractivity contribution >= 4 is 39.9 Å². The van der Waals surface area contributed by atoms with Crippen molar-refractivity contribution in [3.8, 4) is 0 Å². The summed E-state index contributed by atoms with van der Waals surface area (Å²) in [5.74, 6) is -0.678. The van der Waals surface area contributed by atoms with Crippen molar-refractivity contribution in [3.05, 3.63) is 46.3 Å². The first-order valence-corrected chi connectivity index (χ1v) is 8.56. The van der Waals surface area contributed by atoms with E-state index in [4.69, 9.17) is 5.73 Å². The average Bonchev–Trinajstić information content (AvgIpc) is 2.91. The lowest BCUT2D eigenvalue weighted by molar-refractivity contribution is -0.115. The number of nitrogens with two attached hydrogens (primary N) is 1. The Kier molecular flexibility index (Phi) is 5.26. The first-order valence-electron chi connectivity index (χ1n) is 6.80. The number of anilines is 1. The van der Waals surface area contributed by atoms with Crippen molar-refractivity contribution in [1.82, 2.24) is 0 Å². The highest BCUT2D eigenvalue weighted by molar-refractivity contribution is 8.00. The van der Waals surface area contributed by atoms with Crippen LogP contribution in [0.2, 0.25) is 0 Å². The number of rotatable bonds is 5. The van der Waals surface area contributed by atoms with E-state index in [9.17, 15) is 9.59 Å². The van der Waals surface area contributed by atoms with Crippen molar-refractivity contribution in [2.24, 2.45) is 5.73 Å². The molecule has 1 heterocycles. The molecule has 1 aromatic heterocycles. The number of thioether (sulfide) groups is 1. The third-order valence-corrected chi connectivity index (χ3v) is 5.28. The molecule has 4 nitrogen and oxygen atoms in total. The predicted octanol–water partition coefficient (Wildman–Crippen LogP) is 3.58. The third kappa shape index (κ3) is 3.90. The summed E-state index contributed by atoms with van der Waals surface area (Å²) < 4.78 is 0. The van der Waals surface area contributed by atoms with Crippen molar-refractivity contribution in [3.63, 3.8) is 0 Å². The summed E-state index contributed by atoms with van der Waals surface area (Å²) in [6.07, 6.45) is 0. The van der Waals surface area contributed by atoms with Gasteiger partial charge in [0.25, 0.3) is 5.91 Å². The maximum Gasteiger partial charge on any atom is 0.251 e. The maximum absolute atomic E-state index is 12.3. The van der Waals surface area contributed by atoms with Crippen LogP contribution in [0.5, 0.6) is 0 Å². The van der Waals surface area contributed by atoms with Crippen LogP contribution in [-0.4, -0.2) is 17.1 Å².